The molecule has 0 radical (unpaired) electrons. The van der Waals surface area contributed by atoms with Crippen LogP contribution >= 0.6 is 0 Å². The van der Waals surface area contributed by atoms with E-state index in [0.717, 1.165) is 17.1 Å². The Morgan fingerprint density at radius 1 is 0.189 bits per heavy atom. The van der Waals surface area contributed by atoms with Crippen molar-refractivity contribution in [2.45, 2.75) is 0 Å². The Morgan fingerprint density at radius 3 is 0.981 bits per heavy atom. The summed E-state index contributed by atoms with van der Waals surface area (Å²) in [7, 11) is 0. The van der Waals surface area contributed by atoms with Crippen LogP contribution in [-0.4, -0.2) is 0 Å². The molecule has 0 aliphatic rings. The van der Waals surface area contributed by atoms with Crippen LogP contribution in [-0.2, 0) is 0 Å². The van der Waals surface area contributed by atoms with Gasteiger partial charge in [-0.25, -0.2) is 0 Å². The molecule has 0 bridgehead atoms. The van der Waals surface area contributed by atoms with Crippen molar-refractivity contribution in [1.29, 1.82) is 0 Å². The summed E-state index contributed by atoms with van der Waals surface area (Å²) in [6, 6.07) is 80.6. The van der Waals surface area contributed by atoms with Gasteiger partial charge in [-0.3, -0.25) is 0 Å². The number of nitrogens with zero attached hydrogens (tertiary/aromatic N) is 1. The maximum Gasteiger partial charge on any atom is 0.0462 e. The monoisotopic (exact) mass is 675 g/mol. The molecule has 53 heavy (non-hydrogen) atoms. The van der Waals surface area contributed by atoms with E-state index in [-0.39, 0.29) is 0 Å². The van der Waals surface area contributed by atoms with Crippen LogP contribution in [0.4, 0.5) is 17.1 Å². The first-order chi connectivity index (χ1) is 26.3. The fourth-order valence-electron chi connectivity index (χ4n) is 7.48. The second kappa shape index (κ2) is 14.3. The van der Waals surface area contributed by atoms with Crippen LogP contribution in [0.2, 0.25) is 0 Å². The van der Waals surface area contributed by atoms with Gasteiger partial charge in [-0.15, -0.1) is 0 Å². The lowest BCUT2D eigenvalue weighted by molar-refractivity contribution is 1.28. The number of para-hydroxylation sites is 1. The molecule has 0 aliphatic carbocycles. The topological polar surface area (TPSA) is 3.24 Å². The number of hydrogen-bond donors (Lipinski definition) is 0. The average molecular weight is 676 g/mol. The van der Waals surface area contributed by atoms with Crippen molar-refractivity contribution in [3.8, 4) is 55.6 Å². The summed E-state index contributed by atoms with van der Waals surface area (Å²) in [5.74, 6) is 0. The molecule has 0 atom stereocenters. The molecule has 1 nitrogen and oxygen atoms in total. The van der Waals surface area contributed by atoms with Gasteiger partial charge in [0.1, 0.15) is 0 Å². The number of hydrogen-bond acceptors (Lipinski definition) is 1. The largest absolute Gasteiger partial charge is 0.311 e. The molecule has 0 aliphatic heterocycles. The van der Waals surface area contributed by atoms with E-state index in [1.54, 1.807) is 0 Å². The minimum absolute atomic E-state index is 1.11. The van der Waals surface area contributed by atoms with Crippen molar-refractivity contribution in [1.82, 2.24) is 0 Å². The van der Waals surface area contributed by atoms with Crippen molar-refractivity contribution < 1.29 is 0 Å². The lowest BCUT2D eigenvalue weighted by Crippen LogP contribution is -2.09. The van der Waals surface area contributed by atoms with Crippen LogP contribution in [0.1, 0.15) is 0 Å². The molecule has 0 N–H and O–H groups in total. The van der Waals surface area contributed by atoms with E-state index < -0.39 is 0 Å². The minimum Gasteiger partial charge on any atom is -0.311 e. The number of anilines is 3. The second-order valence-corrected chi connectivity index (χ2v) is 13.3. The Kier molecular flexibility index (Phi) is 8.66. The first-order valence-corrected chi connectivity index (χ1v) is 18.2. The van der Waals surface area contributed by atoms with E-state index in [0.29, 0.717) is 0 Å². The molecular weight excluding hydrogens is 639 g/mol. The summed E-state index contributed by atoms with van der Waals surface area (Å²) in [4.78, 5) is 2.33. The van der Waals surface area contributed by atoms with Gasteiger partial charge in [-0.2, -0.15) is 0 Å². The van der Waals surface area contributed by atoms with E-state index in [2.05, 4.69) is 229 Å². The van der Waals surface area contributed by atoms with Gasteiger partial charge in [0.15, 0.2) is 0 Å². The second-order valence-electron chi connectivity index (χ2n) is 13.3. The zero-order valence-corrected chi connectivity index (χ0v) is 29.3. The molecule has 250 valence electrons. The van der Waals surface area contributed by atoms with Crippen molar-refractivity contribution in [3.63, 3.8) is 0 Å². The molecule has 0 heterocycles. The molecule has 0 amide bonds. The molecule has 0 saturated carbocycles. The lowest BCUT2D eigenvalue weighted by atomic mass is 9.92. The summed E-state index contributed by atoms with van der Waals surface area (Å²) in [6.07, 6.45) is 0. The molecule has 0 aromatic heterocycles. The Hall–Kier alpha value is -6.96. The van der Waals surface area contributed by atoms with E-state index >= 15 is 0 Å². The number of rotatable bonds is 8. The molecule has 1 heteroatoms. The summed E-state index contributed by atoms with van der Waals surface area (Å²) in [6.45, 7) is 0. The first-order valence-electron chi connectivity index (χ1n) is 18.2. The van der Waals surface area contributed by atoms with Gasteiger partial charge in [-0.1, -0.05) is 188 Å². The lowest BCUT2D eigenvalue weighted by Gasteiger charge is -2.26. The quantitative estimate of drug-likeness (QED) is 0.155. The van der Waals surface area contributed by atoms with Gasteiger partial charge < -0.3 is 4.90 Å². The van der Waals surface area contributed by atoms with Crippen LogP contribution in [0, 0.1) is 0 Å². The van der Waals surface area contributed by atoms with Crippen LogP contribution in [0.3, 0.4) is 0 Å². The number of fused-ring (bicyclic) bond motifs is 1. The maximum atomic E-state index is 2.33. The summed E-state index contributed by atoms with van der Waals surface area (Å²) in [5, 5.41) is 2.52. The van der Waals surface area contributed by atoms with Gasteiger partial charge in [0, 0.05) is 17.1 Å². The van der Waals surface area contributed by atoms with Crippen LogP contribution in [0.25, 0.3) is 66.4 Å². The minimum atomic E-state index is 1.11. The highest BCUT2D eigenvalue weighted by atomic mass is 15.1. The SMILES string of the molecule is c1ccc(-c2ccccc2-c2ccc(-c3ccc(N(c4ccccc4)c4ccc(-c5ccc(-c6ccccc6)c6ccccc56)cc4)cc3)cc2)cc1. The van der Waals surface area contributed by atoms with Crippen LogP contribution in [0.5, 0.6) is 0 Å². The molecule has 0 unspecified atom stereocenters. The Labute approximate surface area is 311 Å². The molecule has 0 spiro atoms. The third-order valence-electron chi connectivity index (χ3n) is 10.1. The van der Waals surface area contributed by atoms with Gasteiger partial charge in [0.2, 0.25) is 0 Å². The predicted octanol–water partition coefficient (Wildman–Crippen LogP) is 14.6. The number of benzene rings is 9. The zero-order valence-electron chi connectivity index (χ0n) is 29.3. The third kappa shape index (κ3) is 6.42. The highest BCUT2D eigenvalue weighted by Gasteiger charge is 2.15. The van der Waals surface area contributed by atoms with Crippen molar-refractivity contribution in [2.24, 2.45) is 0 Å². The first kappa shape index (κ1) is 32.0. The standard InChI is InChI=1S/C52H37N/c1-4-14-40(15-5-1)47-20-10-11-21-48(47)42-26-24-38(25-27-42)39-28-32-45(33-29-39)53(44-18-8-3-9-19-44)46-34-30-43(31-35-46)50-37-36-49(41-16-6-2-7-17-41)51-22-12-13-23-52(50)51/h1-37H. The van der Waals surface area contributed by atoms with Gasteiger partial charge in [0.05, 0.1) is 0 Å². The van der Waals surface area contributed by atoms with E-state index in [4.69, 9.17) is 0 Å². The van der Waals surface area contributed by atoms with Gasteiger partial charge in [0.25, 0.3) is 0 Å². The highest BCUT2D eigenvalue weighted by molar-refractivity contribution is 6.05. The molecule has 9 rings (SSSR count). The van der Waals surface area contributed by atoms with Gasteiger partial charge in [-0.05, 0) is 103 Å². The zero-order chi connectivity index (χ0) is 35.4. The summed E-state index contributed by atoms with van der Waals surface area (Å²) < 4.78 is 0. The fraction of sp³-hybridized carbons (Fsp3) is 0. The van der Waals surface area contributed by atoms with Crippen molar-refractivity contribution in [3.05, 3.63) is 224 Å². The van der Waals surface area contributed by atoms with Crippen LogP contribution < -0.4 is 4.90 Å². The van der Waals surface area contributed by atoms with E-state index in [1.165, 1.54) is 66.4 Å². The Balaban J connectivity index is 1.02. The molecule has 9 aromatic carbocycles. The summed E-state index contributed by atoms with van der Waals surface area (Å²) in [5.41, 5.74) is 15.6. The van der Waals surface area contributed by atoms with Gasteiger partial charge >= 0.3 is 0 Å². The van der Waals surface area contributed by atoms with E-state index in [9.17, 15) is 0 Å². The average Bonchev–Trinajstić information content (AvgIpc) is 3.25. The Bertz CT molecular complexity index is 2610. The third-order valence-corrected chi connectivity index (χ3v) is 10.1. The highest BCUT2D eigenvalue weighted by Crippen LogP contribution is 2.40. The van der Waals surface area contributed by atoms with Crippen molar-refractivity contribution >= 4 is 27.8 Å². The Morgan fingerprint density at radius 2 is 0.491 bits per heavy atom. The molecule has 9 aromatic rings. The fourth-order valence-corrected chi connectivity index (χ4v) is 7.48. The van der Waals surface area contributed by atoms with Crippen molar-refractivity contribution in [2.75, 3.05) is 4.90 Å². The predicted molar refractivity (Wildman–Crippen MR) is 226 cm³/mol. The normalized spacial score (nSPS) is 11.0. The smallest absolute Gasteiger partial charge is 0.0462 e. The molecular formula is C52H37N. The molecule has 0 saturated heterocycles. The summed E-state index contributed by atoms with van der Waals surface area (Å²) >= 11 is 0. The maximum absolute atomic E-state index is 2.33. The molecule has 0 fully saturated rings. The van der Waals surface area contributed by atoms with E-state index in [1.807, 2.05) is 0 Å². The van der Waals surface area contributed by atoms with Crippen LogP contribution in [0.15, 0.2) is 224 Å².